The number of hydrogen-bond acceptors (Lipinski definition) is 8. The summed E-state index contributed by atoms with van der Waals surface area (Å²) in [5.41, 5.74) is 2.98. The van der Waals surface area contributed by atoms with Crippen LogP contribution in [0.25, 0.3) is 5.76 Å². The molecule has 2 aliphatic rings. The third-order valence-corrected chi connectivity index (χ3v) is 7.60. The monoisotopic (exact) mass is 539 g/mol. The van der Waals surface area contributed by atoms with E-state index in [2.05, 4.69) is 10.2 Å². The molecule has 3 heterocycles. The first-order valence-corrected chi connectivity index (χ1v) is 13.4. The Morgan fingerprint density at radius 1 is 1.08 bits per heavy atom. The van der Waals surface area contributed by atoms with Gasteiger partial charge >= 0.3 is 5.91 Å². The molecular weight excluding hydrogens is 514 g/mol. The molecule has 0 bridgehead atoms. The van der Waals surface area contributed by atoms with Gasteiger partial charge in [0, 0.05) is 12.0 Å². The fraction of sp³-hybridized carbons (Fsp3) is 0.200. The van der Waals surface area contributed by atoms with Crippen molar-refractivity contribution < 1.29 is 24.2 Å². The fourth-order valence-corrected chi connectivity index (χ4v) is 5.68. The number of fused-ring (bicyclic) bond motifs is 1. The molecule has 196 valence electrons. The highest BCUT2D eigenvalue weighted by Crippen LogP contribution is 2.44. The molecule has 39 heavy (non-hydrogen) atoms. The molecule has 6 rings (SSSR count). The summed E-state index contributed by atoms with van der Waals surface area (Å²) in [5.74, 6) is -0.486. The number of carbonyl (C=O) groups is 2. The maximum atomic E-state index is 13.5. The van der Waals surface area contributed by atoms with Crippen LogP contribution in [0.2, 0.25) is 0 Å². The minimum Gasteiger partial charge on any atom is -0.507 e. The lowest BCUT2D eigenvalue weighted by Crippen LogP contribution is -2.29. The standard InChI is InChI=1S/C30H25N3O5S/c1-17-13-22-14-21(11-12-24(22)38-17)27(34)25-26(33(29(36)28(25)35)30-32-31-18(2)39-30)20-9-6-10-23(15-20)37-16-19-7-4-3-5-8-19/h3-12,14-15,17,26,34H,13,16H2,1-2H3/t17-,26-/m1/s1. The topological polar surface area (TPSA) is 102 Å². The van der Waals surface area contributed by atoms with Crippen LogP contribution in [-0.2, 0) is 22.6 Å². The van der Waals surface area contributed by atoms with Gasteiger partial charge in [-0.05, 0) is 60.9 Å². The molecule has 1 fully saturated rings. The summed E-state index contributed by atoms with van der Waals surface area (Å²) in [7, 11) is 0. The Labute approximate surface area is 229 Å². The summed E-state index contributed by atoms with van der Waals surface area (Å²) in [6.07, 6.45) is 0.723. The highest BCUT2D eigenvalue weighted by atomic mass is 32.1. The first-order valence-electron chi connectivity index (χ1n) is 12.6. The van der Waals surface area contributed by atoms with Crippen molar-refractivity contribution in [3.05, 3.63) is 106 Å². The number of anilines is 1. The van der Waals surface area contributed by atoms with Crippen LogP contribution in [0.5, 0.6) is 11.5 Å². The van der Waals surface area contributed by atoms with E-state index in [1.165, 1.54) is 16.2 Å². The van der Waals surface area contributed by atoms with Gasteiger partial charge in [-0.15, -0.1) is 10.2 Å². The van der Waals surface area contributed by atoms with Gasteiger partial charge < -0.3 is 14.6 Å². The zero-order valence-electron chi connectivity index (χ0n) is 21.3. The van der Waals surface area contributed by atoms with Crippen molar-refractivity contribution in [1.29, 1.82) is 0 Å². The van der Waals surface area contributed by atoms with Crippen LogP contribution in [-0.4, -0.2) is 33.1 Å². The Kier molecular flexibility index (Phi) is 6.36. The van der Waals surface area contributed by atoms with Crippen LogP contribution in [0.15, 0.2) is 78.4 Å². The molecule has 2 atom stereocenters. The number of carbonyl (C=O) groups excluding carboxylic acids is 2. The van der Waals surface area contributed by atoms with E-state index in [4.69, 9.17) is 9.47 Å². The van der Waals surface area contributed by atoms with E-state index in [1.807, 2.05) is 49.4 Å². The number of hydrogen-bond donors (Lipinski definition) is 1. The lowest BCUT2D eigenvalue weighted by atomic mass is 9.94. The molecule has 4 aromatic rings. The molecule has 9 heteroatoms. The lowest BCUT2D eigenvalue weighted by molar-refractivity contribution is -0.132. The quantitative estimate of drug-likeness (QED) is 0.200. The van der Waals surface area contributed by atoms with E-state index in [1.54, 1.807) is 37.3 Å². The van der Waals surface area contributed by atoms with Crippen molar-refractivity contribution in [2.75, 3.05) is 4.90 Å². The molecule has 1 amide bonds. The Bertz CT molecular complexity index is 1610. The number of aliphatic hydroxyl groups excluding tert-OH is 1. The molecule has 0 aliphatic carbocycles. The molecule has 0 saturated carbocycles. The third-order valence-electron chi connectivity index (χ3n) is 6.76. The predicted octanol–water partition coefficient (Wildman–Crippen LogP) is 5.38. The van der Waals surface area contributed by atoms with Gasteiger partial charge in [0.1, 0.15) is 35.0 Å². The Morgan fingerprint density at radius 2 is 1.90 bits per heavy atom. The second-order valence-corrected chi connectivity index (χ2v) is 10.7. The van der Waals surface area contributed by atoms with Crippen LogP contribution in [0.4, 0.5) is 5.13 Å². The maximum Gasteiger partial charge on any atom is 0.301 e. The second-order valence-electron chi connectivity index (χ2n) is 9.57. The minimum absolute atomic E-state index is 0.0139. The number of aromatic nitrogens is 2. The van der Waals surface area contributed by atoms with E-state index in [0.717, 1.165) is 16.9 Å². The van der Waals surface area contributed by atoms with Crippen molar-refractivity contribution >= 4 is 33.9 Å². The number of ketones is 1. The summed E-state index contributed by atoms with van der Waals surface area (Å²) in [6.45, 7) is 4.11. The summed E-state index contributed by atoms with van der Waals surface area (Å²) >= 11 is 1.21. The zero-order chi connectivity index (χ0) is 27.1. The molecular formula is C30H25N3O5S. The number of benzene rings is 3. The van der Waals surface area contributed by atoms with Gasteiger partial charge in [0.2, 0.25) is 5.13 Å². The average molecular weight is 540 g/mol. The van der Waals surface area contributed by atoms with Gasteiger partial charge in [-0.1, -0.05) is 53.8 Å². The number of aryl methyl sites for hydroxylation is 1. The summed E-state index contributed by atoms with van der Waals surface area (Å²) in [4.78, 5) is 28.2. The summed E-state index contributed by atoms with van der Waals surface area (Å²) in [6, 6.07) is 21.4. The molecule has 0 radical (unpaired) electrons. The van der Waals surface area contributed by atoms with Crippen LogP contribution in [0.1, 0.15) is 40.2 Å². The van der Waals surface area contributed by atoms with Crippen LogP contribution in [0, 0.1) is 6.92 Å². The van der Waals surface area contributed by atoms with E-state index in [9.17, 15) is 14.7 Å². The number of aliphatic hydroxyl groups is 1. The van der Waals surface area contributed by atoms with E-state index in [-0.39, 0.29) is 22.6 Å². The van der Waals surface area contributed by atoms with Gasteiger partial charge in [-0.2, -0.15) is 0 Å². The smallest absolute Gasteiger partial charge is 0.301 e. The van der Waals surface area contributed by atoms with Crippen LogP contribution >= 0.6 is 11.3 Å². The molecule has 0 spiro atoms. The number of amides is 1. The first-order chi connectivity index (χ1) is 18.9. The summed E-state index contributed by atoms with van der Waals surface area (Å²) in [5, 5.41) is 20.6. The molecule has 0 unspecified atom stereocenters. The Hall–Kier alpha value is -4.50. The number of ether oxygens (including phenoxy) is 2. The van der Waals surface area contributed by atoms with Crippen molar-refractivity contribution in [3.63, 3.8) is 0 Å². The summed E-state index contributed by atoms with van der Waals surface area (Å²) < 4.78 is 11.8. The number of Topliss-reactive ketones (excluding diaryl/α,β-unsaturated/α-hetero) is 1. The first kappa shape index (κ1) is 24.8. The highest BCUT2D eigenvalue weighted by Gasteiger charge is 2.48. The maximum absolute atomic E-state index is 13.5. The number of nitrogens with zero attached hydrogens (tertiary/aromatic N) is 3. The lowest BCUT2D eigenvalue weighted by Gasteiger charge is -2.23. The van der Waals surface area contributed by atoms with Crippen LogP contribution < -0.4 is 14.4 Å². The Balaban J connectivity index is 1.44. The van der Waals surface area contributed by atoms with Crippen molar-refractivity contribution in [2.24, 2.45) is 0 Å². The molecule has 1 N–H and O–H groups in total. The molecule has 8 nitrogen and oxygen atoms in total. The van der Waals surface area contributed by atoms with Crippen molar-refractivity contribution in [2.45, 2.75) is 39.0 Å². The SMILES string of the molecule is Cc1nnc(N2C(=O)C(=O)C(=C(O)c3ccc4c(c3)C[C@@H](C)O4)[C@H]2c2cccc(OCc3ccccc3)c2)s1. The highest BCUT2D eigenvalue weighted by molar-refractivity contribution is 7.15. The van der Waals surface area contributed by atoms with Gasteiger partial charge in [-0.3, -0.25) is 14.5 Å². The van der Waals surface area contributed by atoms with Crippen molar-refractivity contribution in [1.82, 2.24) is 10.2 Å². The van der Waals surface area contributed by atoms with Gasteiger partial charge in [0.25, 0.3) is 5.78 Å². The Morgan fingerprint density at radius 3 is 2.67 bits per heavy atom. The molecule has 1 aromatic heterocycles. The van der Waals surface area contributed by atoms with Gasteiger partial charge in [-0.25, -0.2) is 0 Å². The van der Waals surface area contributed by atoms with Crippen LogP contribution in [0.3, 0.4) is 0 Å². The molecule has 1 saturated heterocycles. The minimum atomic E-state index is -0.916. The average Bonchev–Trinajstić information content (AvgIpc) is 3.62. The van der Waals surface area contributed by atoms with E-state index < -0.39 is 17.7 Å². The van der Waals surface area contributed by atoms with Gasteiger partial charge in [0.15, 0.2) is 0 Å². The predicted molar refractivity (Wildman–Crippen MR) is 147 cm³/mol. The largest absolute Gasteiger partial charge is 0.507 e. The van der Waals surface area contributed by atoms with E-state index in [0.29, 0.717) is 34.9 Å². The molecule has 2 aliphatic heterocycles. The molecule has 3 aromatic carbocycles. The van der Waals surface area contributed by atoms with E-state index >= 15 is 0 Å². The normalized spacial score (nSPS) is 19.7. The fourth-order valence-electron chi connectivity index (χ4n) is 4.97. The second kappa shape index (κ2) is 9.99. The zero-order valence-corrected chi connectivity index (χ0v) is 22.1. The van der Waals surface area contributed by atoms with Crippen molar-refractivity contribution in [3.8, 4) is 11.5 Å². The van der Waals surface area contributed by atoms with Gasteiger partial charge in [0.05, 0.1) is 11.6 Å². The number of rotatable bonds is 6. The third kappa shape index (κ3) is 4.66.